The fourth-order valence-electron chi connectivity index (χ4n) is 4.32. The maximum Gasteiger partial charge on any atom is 0.331 e. The van der Waals surface area contributed by atoms with Crippen LogP contribution in [0.5, 0.6) is 0 Å². The summed E-state index contributed by atoms with van der Waals surface area (Å²) in [5.74, 6) is -2.75. The van der Waals surface area contributed by atoms with Crippen molar-refractivity contribution in [1.29, 1.82) is 0 Å². The highest BCUT2D eigenvalue weighted by molar-refractivity contribution is 5.92. The van der Waals surface area contributed by atoms with Gasteiger partial charge in [0.05, 0.1) is 0 Å². The number of aliphatic carboxylic acids is 2. The van der Waals surface area contributed by atoms with Crippen LogP contribution in [0.25, 0.3) is 0 Å². The highest BCUT2D eigenvalue weighted by Gasteiger charge is 2.52. The first-order valence-electron chi connectivity index (χ1n) is 9.20. The van der Waals surface area contributed by atoms with Gasteiger partial charge in [0.2, 0.25) is 0 Å². The number of hydrogen-bond acceptors (Lipinski definition) is 3. The molecule has 0 saturated carbocycles. The highest BCUT2D eigenvalue weighted by Crippen LogP contribution is 2.39. The third-order valence-electron chi connectivity index (χ3n) is 5.93. The molecule has 144 valence electrons. The number of benzene rings is 1. The van der Waals surface area contributed by atoms with Gasteiger partial charge in [0.1, 0.15) is 11.4 Å². The number of nitrogens with zero attached hydrogens (tertiary/aromatic N) is 1. The summed E-state index contributed by atoms with van der Waals surface area (Å²) in [5.41, 5.74) is -0.574. The Hall–Kier alpha value is -2.47. The molecule has 5 nitrogen and oxygen atoms in total. The molecule has 1 aliphatic heterocycles. The van der Waals surface area contributed by atoms with Crippen molar-refractivity contribution in [3.05, 3.63) is 59.4 Å². The first-order valence-corrected chi connectivity index (χ1v) is 9.20. The number of rotatable bonds is 6. The zero-order valence-electron chi connectivity index (χ0n) is 15.3. The molecule has 0 bridgehead atoms. The van der Waals surface area contributed by atoms with E-state index in [9.17, 15) is 24.2 Å². The summed E-state index contributed by atoms with van der Waals surface area (Å²) >= 11 is 0. The van der Waals surface area contributed by atoms with Gasteiger partial charge in [0.15, 0.2) is 0 Å². The monoisotopic (exact) mass is 373 g/mol. The minimum absolute atomic E-state index is 0.106. The first-order chi connectivity index (χ1) is 12.9. The molecule has 1 saturated heterocycles. The van der Waals surface area contributed by atoms with Gasteiger partial charge in [-0.3, -0.25) is 4.90 Å². The fourth-order valence-corrected chi connectivity index (χ4v) is 4.32. The van der Waals surface area contributed by atoms with Crippen LogP contribution in [-0.4, -0.2) is 45.7 Å². The summed E-state index contributed by atoms with van der Waals surface area (Å²) in [6, 6.07) is 6.70. The van der Waals surface area contributed by atoms with Crippen molar-refractivity contribution in [2.24, 2.45) is 11.8 Å². The van der Waals surface area contributed by atoms with Crippen molar-refractivity contribution < 1.29 is 24.2 Å². The van der Waals surface area contributed by atoms with E-state index >= 15 is 0 Å². The molecule has 2 aliphatic rings. The molecule has 1 heterocycles. The molecule has 27 heavy (non-hydrogen) atoms. The van der Waals surface area contributed by atoms with Gasteiger partial charge < -0.3 is 10.2 Å². The molecule has 0 amide bonds. The predicted octanol–water partition coefficient (Wildman–Crippen LogP) is 3.12. The summed E-state index contributed by atoms with van der Waals surface area (Å²) in [6.45, 7) is 2.79. The number of aryl methyl sites for hydroxylation is 1. The van der Waals surface area contributed by atoms with E-state index < -0.39 is 23.4 Å². The minimum atomic E-state index is -1.35. The second-order valence-electron chi connectivity index (χ2n) is 7.37. The molecule has 3 unspecified atom stereocenters. The van der Waals surface area contributed by atoms with Crippen LogP contribution in [0.1, 0.15) is 25.3 Å². The second kappa shape index (κ2) is 7.64. The van der Waals surface area contributed by atoms with E-state index in [4.69, 9.17) is 0 Å². The Morgan fingerprint density at radius 2 is 2.04 bits per heavy atom. The molecule has 0 spiro atoms. The zero-order valence-corrected chi connectivity index (χ0v) is 15.3. The van der Waals surface area contributed by atoms with Gasteiger partial charge in [0, 0.05) is 18.0 Å². The smallest absolute Gasteiger partial charge is 0.331 e. The van der Waals surface area contributed by atoms with E-state index in [1.165, 1.54) is 18.2 Å². The van der Waals surface area contributed by atoms with Crippen molar-refractivity contribution in [3.8, 4) is 0 Å². The quantitative estimate of drug-likeness (QED) is 0.801. The molecule has 0 aromatic heterocycles. The number of likely N-dealkylation sites (tertiary alicyclic amines) is 1. The second-order valence-corrected chi connectivity index (χ2v) is 7.37. The van der Waals surface area contributed by atoms with Gasteiger partial charge in [-0.15, -0.1) is 0 Å². The molecule has 2 N–H and O–H groups in total. The Bertz CT molecular complexity index is 803. The molecular weight excluding hydrogens is 349 g/mol. The van der Waals surface area contributed by atoms with Gasteiger partial charge in [-0.25, -0.2) is 14.0 Å². The molecule has 6 heteroatoms. The molecule has 3 atom stereocenters. The van der Waals surface area contributed by atoms with Crippen LogP contribution in [0.4, 0.5) is 4.39 Å². The lowest BCUT2D eigenvalue weighted by Gasteiger charge is -2.42. The summed E-state index contributed by atoms with van der Waals surface area (Å²) < 4.78 is 13.8. The first kappa shape index (κ1) is 19.3. The van der Waals surface area contributed by atoms with Gasteiger partial charge in [0.25, 0.3) is 0 Å². The van der Waals surface area contributed by atoms with Crippen LogP contribution in [0.15, 0.2) is 48.1 Å². The molecule has 1 aromatic carbocycles. The van der Waals surface area contributed by atoms with E-state index in [0.29, 0.717) is 25.1 Å². The van der Waals surface area contributed by atoms with Crippen molar-refractivity contribution in [2.75, 3.05) is 13.1 Å². The average molecular weight is 373 g/mol. The number of hydrogen-bond donors (Lipinski definition) is 2. The standard InChI is InChI=1S/C21H24FNO4/c1-14-17(19(24)25)6-4-11-21(14,20(26)27)23-12-10-15(13-23)8-9-16-5-2-3-7-18(16)22/h2-7,11,14-15H,8-10,12-13H2,1H3,(H,24,25)(H,26,27). The number of allylic oxidation sites excluding steroid dienone is 2. The van der Waals surface area contributed by atoms with Crippen molar-refractivity contribution in [2.45, 2.75) is 31.7 Å². The predicted molar refractivity (Wildman–Crippen MR) is 98.8 cm³/mol. The molecule has 3 rings (SSSR count). The lowest BCUT2D eigenvalue weighted by atomic mass is 9.75. The van der Waals surface area contributed by atoms with E-state index in [1.807, 2.05) is 11.0 Å². The van der Waals surface area contributed by atoms with Crippen molar-refractivity contribution in [1.82, 2.24) is 4.90 Å². The van der Waals surface area contributed by atoms with Crippen LogP contribution in [0.3, 0.4) is 0 Å². The average Bonchev–Trinajstić information content (AvgIpc) is 3.10. The van der Waals surface area contributed by atoms with Gasteiger partial charge in [-0.1, -0.05) is 43.4 Å². The van der Waals surface area contributed by atoms with E-state index in [0.717, 1.165) is 12.8 Å². The van der Waals surface area contributed by atoms with E-state index in [1.54, 1.807) is 25.1 Å². The lowest BCUT2D eigenvalue weighted by Crippen LogP contribution is -2.58. The maximum absolute atomic E-state index is 13.8. The van der Waals surface area contributed by atoms with Crippen LogP contribution >= 0.6 is 0 Å². The Morgan fingerprint density at radius 3 is 2.70 bits per heavy atom. The van der Waals surface area contributed by atoms with E-state index in [2.05, 4.69) is 0 Å². The molecular formula is C21H24FNO4. The Labute approximate surface area is 157 Å². The Balaban J connectivity index is 1.73. The lowest BCUT2D eigenvalue weighted by molar-refractivity contribution is -0.150. The Kier molecular flexibility index (Phi) is 5.46. The third kappa shape index (κ3) is 3.54. The number of carboxylic acids is 2. The molecule has 0 radical (unpaired) electrons. The molecule has 1 aliphatic carbocycles. The van der Waals surface area contributed by atoms with Gasteiger partial charge in [-0.05, 0) is 43.4 Å². The number of halogens is 1. The normalized spacial score (nSPS) is 28.1. The minimum Gasteiger partial charge on any atom is -0.480 e. The summed E-state index contributed by atoms with van der Waals surface area (Å²) in [6.07, 6.45) is 6.80. The van der Waals surface area contributed by atoms with Gasteiger partial charge in [-0.2, -0.15) is 0 Å². The zero-order chi connectivity index (χ0) is 19.6. The molecule has 1 aromatic rings. The molecule has 1 fully saturated rings. The van der Waals surface area contributed by atoms with Crippen LogP contribution in [0, 0.1) is 17.7 Å². The summed E-state index contributed by atoms with van der Waals surface area (Å²) in [5, 5.41) is 19.4. The van der Waals surface area contributed by atoms with Crippen LogP contribution < -0.4 is 0 Å². The van der Waals surface area contributed by atoms with E-state index in [-0.39, 0.29) is 17.3 Å². The number of carboxylic acid groups (broad SMARTS) is 2. The van der Waals surface area contributed by atoms with Crippen LogP contribution in [-0.2, 0) is 16.0 Å². The highest BCUT2D eigenvalue weighted by atomic mass is 19.1. The number of carbonyl (C=O) groups is 2. The van der Waals surface area contributed by atoms with Crippen molar-refractivity contribution >= 4 is 11.9 Å². The van der Waals surface area contributed by atoms with Crippen LogP contribution in [0.2, 0.25) is 0 Å². The SMILES string of the molecule is CC1C(C(=O)O)=CC=CC1(C(=O)O)N1CCC(CCc2ccccc2F)C1. The van der Waals surface area contributed by atoms with Gasteiger partial charge >= 0.3 is 11.9 Å². The van der Waals surface area contributed by atoms with Crippen molar-refractivity contribution in [3.63, 3.8) is 0 Å². The maximum atomic E-state index is 13.8. The Morgan fingerprint density at radius 1 is 1.30 bits per heavy atom. The topological polar surface area (TPSA) is 77.8 Å². The third-order valence-corrected chi connectivity index (χ3v) is 5.93. The summed E-state index contributed by atoms with van der Waals surface area (Å²) in [7, 11) is 0. The summed E-state index contributed by atoms with van der Waals surface area (Å²) in [4.78, 5) is 25.6. The fraction of sp³-hybridized carbons (Fsp3) is 0.429. The largest absolute Gasteiger partial charge is 0.480 e.